The van der Waals surface area contributed by atoms with Gasteiger partial charge in [0.1, 0.15) is 24.1 Å². The summed E-state index contributed by atoms with van der Waals surface area (Å²) in [4.78, 5) is 11.2. The smallest absolute Gasteiger partial charge is 0.446 e. The lowest BCUT2D eigenvalue weighted by atomic mass is 9.98. The zero-order chi connectivity index (χ0) is 25.2. The van der Waals surface area contributed by atoms with Crippen LogP contribution in [0.2, 0.25) is 0 Å². The molecule has 14 heteroatoms. The van der Waals surface area contributed by atoms with Crippen LogP contribution < -0.4 is 9.50 Å². The van der Waals surface area contributed by atoms with E-state index in [4.69, 9.17) is 14.4 Å². The SMILES string of the molecule is Cc1cc(OS(=O)(=O)O)ccc1N=Nc1ccc(N[C@@H]2O[C@H](C(=O)O)[C@@H](O)[C@H](O)[C@H]2O)c(C)c1. The highest BCUT2D eigenvalue weighted by Crippen LogP contribution is 2.29. The fourth-order valence-corrected chi connectivity index (χ4v) is 3.60. The third kappa shape index (κ3) is 6.05. The van der Waals surface area contributed by atoms with Gasteiger partial charge in [0.25, 0.3) is 0 Å². The first-order valence-corrected chi connectivity index (χ1v) is 11.2. The van der Waals surface area contributed by atoms with E-state index < -0.39 is 47.0 Å². The van der Waals surface area contributed by atoms with Crippen molar-refractivity contribution in [3.05, 3.63) is 47.5 Å². The molecule has 3 rings (SSSR count). The van der Waals surface area contributed by atoms with Crippen molar-refractivity contribution in [2.24, 2.45) is 10.2 Å². The maximum atomic E-state index is 11.2. The summed E-state index contributed by atoms with van der Waals surface area (Å²) in [6.07, 6.45) is -8.11. The van der Waals surface area contributed by atoms with Gasteiger partial charge in [0.05, 0.1) is 11.4 Å². The number of benzene rings is 2. The van der Waals surface area contributed by atoms with Gasteiger partial charge >= 0.3 is 16.4 Å². The predicted octanol–water partition coefficient (Wildman–Crippen LogP) is 1.20. The molecule has 0 bridgehead atoms. The van der Waals surface area contributed by atoms with E-state index in [1.54, 1.807) is 32.0 Å². The van der Waals surface area contributed by atoms with E-state index in [2.05, 4.69) is 19.7 Å². The van der Waals surface area contributed by atoms with Crippen LogP contribution in [0.5, 0.6) is 5.75 Å². The van der Waals surface area contributed by atoms with Gasteiger partial charge in [-0.05, 0) is 61.4 Å². The molecule has 184 valence electrons. The molecule has 0 aromatic heterocycles. The number of nitrogens with one attached hydrogen (secondary N) is 1. The lowest BCUT2D eigenvalue weighted by Gasteiger charge is -2.39. The third-order valence-electron chi connectivity index (χ3n) is 5.01. The number of rotatable bonds is 7. The summed E-state index contributed by atoms with van der Waals surface area (Å²) in [5.74, 6) is -1.56. The molecule has 1 aliphatic rings. The molecule has 2 aromatic rings. The maximum absolute atomic E-state index is 11.2. The Balaban J connectivity index is 1.73. The standard InChI is InChI=1S/C20H23N3O10S/c1-9-7-11(22-23-14-6-4-12(8-10(14)2)33-34(29,30)31)3-5-13(9)21-19-17(26)15(24)16(25)18(32-19)20(27)28/h3-8,15-19,21,24-26H,1-2H3,(H,27,28)(H,29,30,31)/t15-,16-,17+,18-,19+/m0/s1. The first-order chi connectivity index (χ1) is 15.9. The van der Waals surface area contributed by atoms with Crippen LogP contribution in [0, 0.1) is 13.8 Å². The van der Waals surface area contributed by atoms with Crippen molar-refractivity contribution in [2.75, 3.05) is 5.32 Å². The zero-order valence-corrected chi connectivity index (χ0v) is 18.7. The van der Waals surface area contributed by atoms with Crippen molar-refractivity contribution in [3.63, 3.8) is 0 Å². The van der Waals surface area contributed by atoms with Crippen LogP contribution >= 0.6 is 0 Å². The zero-order valence-electron chi connectivity index (χ0n) is 17.9. The Labute approximate surface area is 194 Å². The first kappa shape index (κ1) is 25.5. The Kier molecular flexibility index (Phi) is 7.50. The Hall–Kier alpha value is -3.14. The molecule has 0 radical (unpaired) electrons. The number of aliphatic carboxylic acids is 1. The van der Waals surface area contributed by atoms with E-state index in [1.165, 1.54) is 18.2 Å². The van der Waals surface area contributed by atoms with Gasteiger partial charge in [-0.15, -0.1) is 0 Å². The molecule has 0 unspecified atom stereocenters. The number of anilines is 1. The minimum absolute atomic E-state index is 0.0832. The highest BCUT2D eigenvalue weighted by atomic mass is 32.3. The second kappa shape index (κ2) is 10.0. The minimum Gasteiger partial charge on any atom is -0.479 e. The Morgan fingerprint density at radius 3 is 2.29 bits per heavy atom. The Morgan fingerprint density at radius 2 is 1.71 bits per heavy atom. The largest absolute Gasteiger partial charge is 0.479 e. The van der Waals surface area contributed by atoms with E-state index in [0.717, 1.165) is 0 Å². The summed E-state index contributed by atoms with van der Waals surface area (Å²) in [6, 6.07) is 8.95. The number of ether oxygens (including phenoxy) is 1. The number of aliphatic hydroxyl groups excluding tert-OH is 3. The summed E-state index contributed by atoms with van der Waals surface area (Å²) in [5.41, 5.74) is 2.50. The molecule has 0 amide bonds. The lowest BCUT2D eigenvalue weighted by Crippen LogP contribution is -2.61. The molecule has 1 aliphatic heterocycles. The van der Waals surface area contributed by atoms with E-state index in [9.17, 15) is 28.5 Å². The average Bonchev–Trinajstić information content (AvgIpc) is 2.73. The molecule has 0 saturated carbocycles. The van der Waals surface area contributed by atoms with Crippen molar-refractivity contribution in [1.29, 1.82) is 0 Å². The molecule has 6 N–H and O–H groups in total. The number of aliphatic hydroxyl groups is 3. The van der Waals surface area contributed by atoms with E-state index >= 15 is 0 Å². The molecule has 1 heterocycles. The fourth-order valence-electron chi connectivity index (χ4n) is 3.25. The monoisotopic (exact) mass is 497 g/mol. The van der Waals surface area contributed by atoms with E-state index in [0.29, 0.717) is 28.2 Å². The first-order valence-electron chi connectivity index (χ1n) is 9.84. The number of hydrogen-bond acceptors (Lipinski definition) is 11. The summed E-state index contributed by atoms with van der Waals surface area (Å²) < 4.78 is 40.0. The summed E-state index contributed by atoms with van der Waals surface area (Å²) in [6.45, 7) is 3.36. The van der Waals surface area contributed by atoms with E-state index in [1.807, 2.05) is 0 Å². The van der Waals surface area contributed by atoms with Gasteiger partial charge < -0.3 is 34.7 Å². The third-order valence-corrected chi connectivity index (χ3v) is 5.41. The second-order valence-corrected chi connectivity index (χ2v) is 8.61. The molecule has 34 heavy (non-hydrogen) atoms. The summed E-state index contributed by atoms with van der Waals surface area (Å²) >= 11 is 0. The topological polar surface area (TPSA) is 208 Å². The van der Waals surface area contributed by atoms with Crippen LogP contribution in [0.4, 0.5) is 17.1 Å². The average molecular weight is 497 g/mol. The Morgan fingerprint density at radius 1 is 1.00 bits per heavy atom. The molecule has 13 nitrogen and oxygen atoms in total. The normalized spacial score (nSPS) is 25.3. The van der Waals surface area contributed by atoms with Gasteiger partial charge in [0.15, 0.2) is 12.3 Å². The van der Waals surface area contributed by atoms with Crippen LogP contribution in [0.15, 0.2) is 46.6 Å². The van der Waals surface area contributed by atoms with Crippen molar-refractivity contribution in [3.8, 4) is 5.75 Å². The number of nitrogens with zero attached hydrogens (tertiary/aromatic N) is 2. The quantitative estimate of drug-likeness (QED) is 0.236. The van der Waals surface area contributed by atoms with Gasteiger partial charge in [-0.2, -0.15) is 18.6 Å². The van der Waals surface area contributed by atoms with Crippen LogP contribution in [0.25, 0.3) is 0 Å². The number of carbonyl (C=O) groups is 1. The van der Waals surface area contributed by atoms with Crippen molar-refractivity contribution in [2.45, 2.75) is 44.5 Å². The summed E-state index contributed by atoms with van der Waals surface area (Å²) in [7, 11) is -4.64. The van der Waals surface area contributed by atoms with Crippen LogP contribution in [-0.4, -0.2) is 70.0 Å². The molecular formula is C20H23N3O10S. The van der Waals surface area contributed by atoms with E-state index in [-0.39, 0.29) is 5.75 Å². The van der Waals surface area contributed by atoms with Crippen molar-refractivity contribution >= 4 is 33.4 Å². The molecular weight excluding hydrogens is 474 g/mol. The van der Waals surface area contributed by atoms with Gasteiger partial charge in [-0.3, -0.25) is 4.55 Å². The number of azo groups is 1. The molecule has 1 saturated heterocycles. The number of carboxylic acid groups (broad SMARTS) is 1. The number of hydrogen-bond donors (Lipinski definition) is 6. The van der Waals surface area contributed by atoms with Crippen LogP contribution in [-0.2, 0) is 19.9 Å². The predicted molar refractivity (Wildman–Crippen MR) is 117 cm³/mol. The highest BCUT2D eigenvalue weighted by molar-refractivity contribution is 7.81. The number of aryl methyl sites for hydroxylation is 2. The van der Waals surface area contributed by atoms with Crippen LogP contribution in [0.1, 0.15) is 11.1 Å². The van der Waals surface area contributed by atoms with Crippen molar-refractivity contribution < 1.29 is 47.1 Å². The molecule has 5 atom stereocenters. The van der Waals surface area contributed by atoms with Gasteiger partial charge in [-0.1, -0.05) is 0 Å². The summed E-state index contributed by atoms with van der Waals surface area (Å²) in [5, 5.41) is 50.1. The molecule has 0 spiro atoms. The maximum Gasteiger partial charge on any atom is 0.446 e. The number of carboxylic acids is 1. The Bertz CT molecular complexity index is 1200. The van der Waals surface area contributed by atoms with Crippen LogP contribution in [0.3, 0.4) is 0 Å². The van der Waals surface area contributed by atoms with Gasteiger partial charge in [0, 0.05) is 5.69 Å². The van der Waals surface area contributed by atoms with Gasteiger partial charge in [0.2, 0.25) is 0 Å². The molecule has 2 aromatic carbocycles. The highest BCUT2D eigenvalue weighted by Gasteiger charge is 2.47. The minimum atomic E-state index is -4.64. The second-order valence-electron chi connectivity index (χ2n) is 7.59. The molecule has 1 fully saturated rings. The van der Waals surface area contributed by atoms with Gasteiger partial charge in [-0.25, -0.2) is 4.79 Å². The molecule has 0 aliphatic carbocycles. The van der Waals surface area contributed by atoms with Crippen molar-refractivity contribution in [1.82, 2.24) is 0 Å². The fraction of sp³-hybridized carbons (Fsp3) is 0.350. The lowest BCUT2D eigenvalue weighted by molar-refractivity contribution is -0.221.